The van der Waals surface area contributed by atoms with Crippen molar-refractivity contribution in [3.63, 3.8) is 0 Å². The molecule has 8 nitrogen and oxygen atoms in total. The molecule has 2 rings (SSSR count). The van der Waals surface area contributed by atoms with Crippen LogP contribution >= 0.6 is 0 Å². The molecule has 2 aromatic rings. The minimum absolute atomic E-state index is 0.00404. The summed E-state index contributed by atoms with van der Waals surface area (Å²) >= 11 is 0. The molecule has 0 fully saturated rings. The molecule has 0 aliphatic rings. The lowest BCUT2D eigenvalue weighted by molar-refractivity contribution is -0.384. The van der Waals surface area contributed by atoms with E-state index in [2.05, 4.69) is 16.4 Å². The zero-order valence-electron chi connectivity index (χ0n) is 13.6. The highest BCUT2D eigenvalue weighted by atomic mass is 16.6. The number of non-ortho nitro benzene ring substituents is 1. The predicted octanol–water partition coefficient (Wildman–Crippen LogP) is 2.14. The van der Waals surface area contributed by atoms with Crippen molar-refractivity contribution in [3.8, 4) is 23.8 Å². The number of hydrogen-bond acceptors (Lipinski definition) is 6. The molecule has 0 unspecified atom stereocenters. The van der Waals surface area contributed by atoms with Crippen molar-refractivity contribution < 1.29 is 19.2 Å². The van der Waals surface area contributed by atoms with Crippen LogP contribution in [-0.2, 0) is 4.79 Å². The van der Waals surface area contributed by atoms with E-state index in [1.165, 1.54) is 24.4 Å². The van der Waals surface area contributed by atoms with E-state index in [0.29, 0.717) is 17.1 Å². The highest BCUT2D eigenvalue weighted by Crippen LogP contribution is 2.22. The van der Waals surface area contributed by atoms with Gasteiger partial charge in [0.05, 0.1) is 11.1 Å². The largest absolute Gasteiger partial charge is 0.484 e. The fourth-order valence-electron chi connectivity index (χ4n) is 1.87. The first kappa shape index (κ1) is 18.5. The van der Waals surface area contributed by atoms with Crippen LogP contribution in [-0.4, -0.2) is 30.3 Å². The van der Waals surface area contributed by atoms with E-state index in [-0.39, 0.29) is 18.9 Å². The van der Waals surface area contributed by atoms with Gasteiger partial charge in [-0.05, 0) is 18.2 Å². The third-order valence-electron chi connectivity index (χ3n) is 3.02. The number of rotatable bonds is 8. The number of benzene rings is 2. The maximum atomic E-state index is 11.7. The number of hydrazone groups is 1. The Hall–Kier alpha value is -3.86. The second-order valence-corrected chi connectivity index (χ2v) is 4.87. The van der Waals surface area contributed by atoms with Gasteiger partial charge in [0.1, 0.15) is 18.1 Å². The number of nitro groups is 1. The third kappa shape index (κ3) is 5.65. The van der Waals surface area contributed by atoms with Crippen molar-refractivity contribution in [1.29, 1.82) is 0 Å². The molecule has 0 saturated heterocycles. The quantitative estimate of drug-likeness (QED) is 0.339. The zero-order chi connectivity index (χ0) is 18.8. The summed E-state index contributed by atoms with van der Waals surface area (Å²) in [4.78, 5) is 22.1. The normalized spacial score (nSPS) is 10.1. The average Bonchev–Trinajstić information content (AvgIpc) is 2.66. The molecule has 0 spiro atoms. The summed E-state index contributed by atoms with van der Waals surface area (Å²) < 4.78 is 10.6. The number of carbonyl (C=O) groups is 1. The number of amides is 1. The monoisotopic (exact) mass is 353 g/mol. The van der Waals surface area contributed by atoms with Crippen LogP contribution in [0, 0.1) is 22.5 Å². The molecule has 0 aromatic heterocycles. The third-order valence-corrected chi connectivity index (χ3v) is 3.02. The summed E-state index contributed by atoms with van der Waals surface area (Å²) in [5, 5.41) is 14.6. The van der Waals surface area contributed by atoms with Gasteiger partial charge in [-0.2, -0.15) is 5.10 Å². The number of carbonyl (C=O) groups excluding carboxylic acids is 1. The van der Waals surface area contributed by atoms with E-state index in [4.69, 9.17) is 15.9 Å². The molecule has 2 aromatic carbocycles. The minimum atomic E-state index is -0.547. The second-order valence-electron chi connectivity index (χ2n) is 4.87. The van der Waals surface area contributed by atoms with Crippen LogP contribution in [0.15, 0.2) is 53.6 Å². The van der Waals surface area contributed by atoms with Gasteiger partial charge in [-0.3, -0.25) is 14.9 Å². The molecule has 0 heterocycles. The second kappa shape index (κ2) is 9.44. The molecule has 0 aliphatic carbocycles. The topological polar surface area (TPSA) is 103 Å². The first-order valence-electron chi connectivity index (χ1n) is 7.44. The molecule has 8 heteroatoms. The first-order chi connectivity index (χ1) is 12.6. The summed E-state index contributed by atoms with van der Waals surface area (Å²) in [6, 6.07) is 12.8. The summed E-state index contributed by atoms with van der Waals surface area (Å²) in [7, 11) is 0. The maximum absolute atomic E-state index is 11.7. The average molecular weight is 353 g/mol. The Bertz CT molecular complexity index is 844. The Labute approximate surface area is 149 Å². The van der Waals surface area contributed by atoms with Gasteiger partial charge in [0, 0.05) is 17.7 Å². The summed E-state index contributed by atoms with van der Waals surface area (Å²) in [5.74, 6) is 2.68. The highest BCUT2D eigenvalue weighted by Gasteiger charge is 2.10. The van der Waals surface area contributed by atoms with Crippen LogP contribution < -0.4 is 14.9 Å². The Balaban J connectivity index is 1.99. The molecule has 0 bridgehead atoms. The number of nitrogens with zero attached hydrogens (tertiary/aromatic N) is 2. The van der Waals surface area contributed by atoms with Crippen molar-refractivity contribution in [2.45, 2.75) is 0 Å². The SMILES string of the molecule is C#CCOc1ccc([N+](=O)[O-])cc1/C=N\NC(=O)COc1ccccc1. The standard InChI is InChI=1S/C18H15N3O5/c1-2-10-25-17-9-8-15(21(23)24)11-14(17)12-19-20-18(22)13-26-16-6-4-3-5-7-16/h1,3-9,11-12H,10,13H2,(H,20,22)/b19-12-. The van der Waals surface area contributed by atoms with Crippen molar-refractivity contribution >= 4 is 17.8 Å². The van der Waals surface area contributed by atoms with Gasteiger partial charge in [0.15, 0.2) is 6.61 Å². The van der Waals surface area contributed by atoms with Gasteiger partial charge < -0.3 is 9.47 Å². The minimum Gasteiger partial charge on any atom is -0.484 e. The Morgan fingerprint density at radius 2 is 2.04 bits per heavy atom. The molecule has 26 heavy (non-hydrogen) atoms. The van der Waals surface area contributed by atoms with Crippen LogP contribution in [0.1, 0.15) is 5.56 Å². The molecule has 0 saturated carbocycles. The molecule has 0 aliphatic heterocycles. The Kier molecular flexibility index (Phi) is 6.71. The molecule has 1 amide bonds. The summed E-state index contributed by atoms with van der Waals surface area (Å²) in [5.41, 5.74) is 2.44. The maximum Gasteiger partial charge on any atom is 0.277 e. The lowest BCUT2D eigenvalue weighted by atomic mass is 10.2. The summed E-state index contributed by atoms with van der Waals surface area (Å²) in [6.45, 7) is -0.229. The van der Waals surface area contributed by atoms with Gasteiger partial charge in [-0.15, -0.1) is 6.42 Å². The number of nitro benzene ring substituents is 1. The van der Waals surface area contributed by atoms with Crippen molar-refractivity contribution in [2.75, 3.05) is 13.2 Å². The Morgan fingerprint density at radius 1 is 1.27 bits per heavy atom. The highest BCUT2D eigenvalue weighted by molar-refractivity contribution is 5.86. The van der Waals surface area contributed by atoms with E-state index in [1.807, 2.05) is 6.07 Å². The van der Waals surface area contributed by atoms with E-state index in [9.17, 15) is 14.9 Å². The lowest BCUT2D eigenvalue weighted by Crippen LogP contribution is -2.24. The van der Waals surface area contributed by atoms with Crippen LogP contribution in [0.2, 0.25) is 0 Å². The smallest absolute Gasteiger partial charge is 0.277 e. The molecule has 0 radical (unpaired) electrons. The lowest BCUT2D eigenvalue weighted by Gasteiger charge is -2.06. The Morgan fingerprint density at radius 3 is 2.73 bits per heavy atom. The molecule has 0 atom stereocenters. The number of para-hydroxylation sites is 1. The number of terminal acetylenes is 1. The fraction of sp³-hybridized carbons (Fsp3) is 0.111. The molecular weight excluding hydrogens is 338 g/mol. The van der Waals surface area contributed by atoms with E-state index in [0.717, 1.165) is 0 Å². The summed E-state index contributed by atoms with van der Waals surface area (Å²) in [6.07, 6.45) is 6.37. The van der Waals surface area contributed by atoms with Crippen LogP contribution in [0.5, 0.6) is 11.5 Å². The van der Waals surface area contributed by atoms with Gasteiger partial charge in [-0.1, -0.05) is 24.1 Å². The van der Waals surface area contributed by atoms with Crippen molar-refractivity contribution in [3.05, 3.63) is 64.2 Å². The van der Waals surface area contributed by atoms with Gasteiger partial charge in [0.2, 0.25) is 0 Å². The zero-order valence-corrected chi connectivity index (χ0v) is 13.6. The van der Waals surface area contributed by atoms with Crippen LogP contribution in [0.3, 0.4) is 0 Å². The van der Waals surface area contributed by atoms with Crippen LogP contribution in [0.25, 0.3) is 0 Å². The first-order valence-corrected chi connectivity index (χ1v) is 7.44. The molecule has 1 N–H and O–H groups in total. The van der Waals surface area contributed by atoms with Gasteiger partial charge in [-0.25, -0.2) is 5.43 Å². The number of nitrogens with one attached hydrogen (secondary N) is 1. The van der Waals surface area contributed by atoms with E-state index < -0.39 is 10.8 Å². The fourth-order valence-corrected chi connectivity index (χ4v) is 1.87. The predicted molar refractivity (Wildman–Crippen MR) is 95.1 cm³/mol. The van der Waals surface area contributed by atoms with Crippen LogP contribution in [0.4, 0.5) is 5.69 Å². The number of ether oxygens (including phenoxy) is 2. The van der Waals surface area contributed by atoms with Crippen molar-refractivity contribution in [2.24, 2.45) is 5.10 Å². The van der Waals surface area contributed by atoms with E-state index in [1.54, 1.807) is 24.3 Å². The van der Waals surface area contributed by atoms with Gasteiger partial charge in [0.25, 0.3) is 11.6 Å². The molecule has 132 valence electrons. The van der Waals surface area contributed by atoms with Crippen molar-refractivity contribution in [1.82, 2.24) is 5.43 Å². The van der Waals surface area contributed by atoms with E-state index >= 15 is 0 Å². The molecular formula is C18H15N3O5. The number of hydrogen-bond donors (Lipinski definition) is 1. The van der Waals surface area contributed by atoms with Gasteiger partial charge >= 0.3 is 0 Å².